The van der Waals surface area contributed by atoms with E-state index in [1.165, 1.54) is 0 Å². The second-order valence-corrected chi connectivity index (χ2v) is 3.15. The lowest BCUT2D eigenvalue weighted by atomic mass is 10.1. The van der Waals surface area contributed by atoms with Gasteiger partial charge in [-0.2, -0.15) is 0 Å². The predicted molar refractivity (Wildman–Crippen MR) is 59.5 cm³/mol. The lowest BCUT2D eigenvalue weighted by Gasteiger charge is -2.05. The van der Waals surface area contributed by atoms with Gasteiger partial charge in [-0.15, -0.1) is 0 Å². The van der Waals surface area contributed by atoms with Crippen LogP contribution in [0.3, 0.4) is 0 Å². The van der Waals surface area contributed by atoms with Crippen LogP contribution in [0.2, 0.25) is 0 Å². The van der Waals surface area contributed by atoms with Crippen molar-refractivity contribution in [2.75, 3.05) is 13.2 Å². The largest absolute Gasteiger partial charge is 0.410 e. The number of hydrogen-bond donors (Lipinski definition) is 3. The van der Waals surface area contributed by atoms with E-state index in [2.05, 4.69) is 10.5 Å². The van der Waals surface area contributed by atoms with Crippen molar-refractivity contribution in [3.63, 3.8) is 0 Å². The number of carbonyl (C=O) groups is 1. The second kappa shape index (κ2) is 6.58. The minimum absolute atomic E-state index is 0.0111. The van der Waals surface area contributed by atoms with Gasteiger partial charge in [0.2, 0.25) is 0 Å². The molecule has 0 fully saturated rings. The van der Waals surface area contributed by atoms with Crippen LogP contribution in [0.15, 0.2) is 35.5 Å². The van der Waals surface area contributed by atoms with Crippen LogP contribution < -0.4 is 5.32 Å². The first kappa shape index (κ1) is 12.2. The lowest BCUT2D eigenvalue weighted by Crippen LogP contribution is -2.32. The van der Waals surface area contributed by atoms with Crippen LogP contribution in [0.1, 0.15) is 12.0 Å². The fourth-order valence-corrected chi connectivity index (χ4v) is 1.19. The Bertz CT molecular complexity index is 363. The first-order valence-corrected chi connectivity index (χ1v) is 4.96. The summed E-state index contributed by atoms with van der Waals surface area (Å²) in [6.07, 6.45) is 0.471. The van der Waals surface area contributed by atoms with E-state index >= 15 is 0 Å². The van der Waals surface area contributed by atoms with Crippen molar-refractivity contribution in [2.45, 2.75) is 6.42 Å². The highest BCUT2D eigenvalue weighted by Gasteiger charge is 2.13. The first-order valence-electron chi connectivity index (χ1n) is 4.96. The maximum absolute atomic E-state index is 11.6. The third-order valence-electron chi connectivity index (χ3n) is 1.98. The van der Waals surface area contributed by atoms with Gasteiger partial charge in [-0.25, -0.2) is 0 Å². The lowest BCUT2D eigenvalue weighted by molar-refractivity contribution is -0.114. The molecule has 0 heterocycles. The number of benzene rings is 1. The van der Waals surface area contributed by atoms with Crippen LogP contribution in [0.5, 0.6) is 0 Å². The van der Waals surface area contributed by atoms with E-state index in [1.807, 2.05) is 6.07 Å². The highest BCUT2D eigenvalue weighted by atomic mass is 16.4. The summed E-state index contributed by atoms with van der Waals surface area (Å²) in [5.41, 5.74) is 0.519. The van der Waals surface area contributed by atoms with Crippen molar-refractivity contribution in [1.82, 2.24) is 5.32 Å². The Hall–Kier alpha value is -1.88. The van der Waals surface area contributed by atoms with E-state index in [-0.39, 0.29) is 12.3 Å². The topological polar surface area (TPSA) is 81.9 Å². The monoisotopic (exact) mass is 222 g/mol. The van der Waals surface area contributed by atoms with Gasteiger partial charge in [-0.3, -0.25) is 4.79 Å². The molecule has 1 amide bonds. The molecule has 5 nitrogen and oxygen atoms in total. The summed E-state index contributed by atoms with van der Waals surface area (Å²) in [5, 5.41) is 22.9. The molecule has 0 saturated heterocycles. The Labute approximate surface area is 93.4 Å². The maximum Gasteiger partial charge on any atom is 0.273 e. The summed E-state index contributed by atoms with van der Waals surface area (Å²) in [6, 6.07) is 8.67. The van der Waals surface area contributed by atoms with E-state index < -0.39 is 5.91 Å². The fraction of sp³-hybridized carbons (Fsp3) is 0.273. The highest BCUT2D eigenvalue weighted by Crippen LogP contribution is 2.01. The average molecular weight is 222 g/mol. The molecule has 1 rings (SSSR count). The van der Waals surface area contributed by atoms with Crippen molar-refractivity contribution in [1.29, 1.82) is 0 Å². The van der Waals surface area contributed by atoms with E-state index in [4.69, 9.17) is 10.3 Å². The number of aliphatic hydroxyl groups is 1. The molecular weight excluding hydrogens is 208 g/mol. The normalized spacial score (nSPS) is 11.2. The molecular formula is C11H14N2O3. The minimum atomic E-state index is -0.456. The highest BCUT2D eigenvalue weighted by molar-refractivity contribution is 6.45. The quantitative estimate of drug-likeness (QED) is 0.291. The summed E-state index contributed by atoms with van der Waals surface area (Å²) < 4.78 is 0. The number of rotatable bonds is 5. The van der Waals surface area contributed by atoms with E-state index in [0.717, 1.165) is 0 Å². The van der Waals surface area contributed by atoms with E-state index in [0.29, 0.717) is 18.5 Å². The Balaban J connectivity index is 2.66. The van der Waals surface area contributed by atoms with Crippen LogP contribution >= 0.6 is 0 Å². The third kappa shape index (κ3) is 3.36. The number of oxime groups is 1. The smallest absolute Gasteiger partial charge is 0.273 e. The standard InChI is InChI=1S/C11H14N2O3/c14-8-4-7-12-11(15)10(13-16)9-5-2-1-3-6-9/h1-3,5-6,14,16H,4,7-8H2,(H,12,15). The molecule has 3 N–H and O–H groups in total. The zero-order chi connectivity index (χ0) is 11.8. The van der Waals surface area contributed by atoms with Gasteiger partial charge < -0.3 is 15.6 Å². The number of aliphatic hydroxyl groups excluding tert-OH is 1. The number of amides is 1. The van der Waals surface area contributed by atoms with Crippen LogP contribution in [-0.4, -0.2) is 35.1 Å². The van der Waals surface area contributed by atoms with Gasteiger partial charge in [0, 0.05) is 18.7 Å². The Morgan fingerprint density at radius 2 is 2.00 bits per heavy atom. The molecule has 0 saturated carbocycles. The van der Waals surface area contributed by atoms with E-state index in [1.54, 1.807) is 24.3 Å². The van der Waals surface area contributed by atoms with Gasteiger partial charge in [0.25, 0.3) is 5.91 Å². The predicted octanol–water partition coefficient (Wildman–Crippen LogP) is 0.363. The molecule has 0 aliphatic rings. The molecule has 0 radical (unpaired) electrons. The molecule has 0 aliphatic carbocycles. The average Bonchev–Trinajstić information content (AvgIpc) is 2.32. The van der Waals surface area contributed by atoms with Crippen molar-refractivity contribution in [3.05, 3.63) is 35.9 Å². The molecule has 0 spiro atoms. The number of nitrogens with one attached hydrogen (secondary N) is 1. The van der Waals surface area contributed by atoms with Crippen molar-refractivity contribution in [3.8, 4) is 0 Å². The molecule has 1 aromatic rings. The van der Waals surface area contributed by atoms with Crippen LogP contribution in [-0.2, 0) is 4.79 Å². The number of hydrogen-bond acceptors (Lipinski definition) is 4. The Kier molecular flexibility index (Phi) is 5.01. The summed E-state index contributed by atoms with van der Waals surface area (Å²) >= 11 is 0. The molecule has 5 heteroatoms. The minimum Gasteiger partial charge on any atom is -0.410 e. The van der Waals surface area contributed by atoms with Crippen molar-refractivity contribution in [2.24, 2.45) is 5.16 Å². The summed E-state index contributed by atoms with van der Waals surface area (Å²) in [6.45, 7) is 0.360. The van der Waals surface area contributed by atoms with Gasteiger partial charge in [-0.1, -0.05) is 35.5 Å². The molecule has 0 bridgehead atoms. The molecule has 16 heavy (non-hydrogen) atoms. The third-order valence-corrected chi connectivity index (χ3v) is 1.98. The maximum atomic E-state index is 11.6. The first-order chi connectivity index (χ1) is 7.79. The molecule has 1 aromatic carbocycles. The zero-order valence-corrected chi connectivity index (χ0v) is 8.76. The molecule has 0 aromatic heterocycles. The zero-order valence-electron chi connectivity index (χ0n) is 8.76. The van der Waals surface area contributed by atoms with Crippen LogP contribution in [0.25, 0.3) is 0 Å². The molecule has 0 unspecified atom stereocenters. The summed E-state index contributed by atoms with van der Waals surface area (Å²) in [4.78, 5) is 11.6. The molecule has 86 valence electrons. The Morgan fingerprint density at radius 3 is 2.56 bits per heavy atom. The summed E-state index contributed by atoms with van der Waals surface area (Å²) in [7, 11) is 0. The fourth-order valence-electron chi connectivity index (χ4n) is 1.19. The number of carbonyl (C=O) groups excluding carboxylic acids is 1. The van der Waals surface area contributed by atoms with Gasteiger partial charge in [-0.05, 0) is 6.42 Å². The molecule has 0 atom stereocenters. The molecule has 0 aliphatic heterocycles. The van der Waals surface area contributed by atoms with Gasteiger partial charge in [0.1, 0.15) is 0 Å². The van der Waals surface area contributed by atoms with E-state index in [9.17, 15) is 4.79 Å². The van der Waals surface area contributed by atoms with Crippen molar-refractivity contribution < 1.29 is 15.1 Å². The second-order valence-electron chi connectivity index (χ2n) is 3.15. The Morgan fingerprint density at radius 1 is 1.31 bits per heavy atom. The SMILES string of the molecule is O=C(NCCCO)C(=NO)c1ccccc1. The van der Waals surface area contributed by atoms with Gasteiger partial charge in [0.15, 0.2) is 5.71 Å². The van der Waals surface area contributed by atoms with Crippen LogP contribution in [0.4, 0.5) is 0 Å². The van der Waals surface area contributed by atoms with Gasteiger partial charge in [0.05, 0.1) is 0 Å². The van der Waals surface area contributed by atoms with Crippen molar-refractivity contribution >= 4 is 11.6 Å². The number of nitrogens with zero attached hydrogens (tertiary/aromatic N) is 1. The summed E-state index contributed by atoms with van der Waals surface area (Å²) in [5.74, 6) is -0.456. The van der Waals surface area contributed by atoms with Gasteiger partial charge >= 0.3 is 0 Å². The van der Waals surface area contributed by atoms with Crippen LogP contribution in [0, 0.1) is 0 Å².